The van der Waals surface area contributed by atoms with Crippen LogP contribution >= 0.6 is 0 Å². The summed E-state index contributed by atoms with van der Waals surface area (Å²) in [6.45, 7) is 4.13. The lowest BCUT2D eigenvalue weighted by atomic mass is 10.0. The lowest BCUT2D eigenvalue weighted by molar-refractivity contribution is -0.132. The highest BCUT2D eigenvalue weighted by Crippen LogP contribution is 2.16. The molecule has 2 aliphatic rings. The first kappa shape index (κ1) is 11.9. The van der Waals surface area contributed by atoms with Crippen molar-refractivity contribution in [2.24, 2.45) is 5.92 Å². The van der Waals surface area contributed by atoms with Gasteiger partial charge in [-0.25, -0.2) is 0 Å². The molecule has 0 aliphatic carbocycles. The van der Waals surface area contributed by atoms with E-state index in [1.165, 1.54) is 38.5 Å². The van der Waals surface area contributed by atoms with Gasteiger partial charge in [0.15, 0.2) is 0 Å². The molecule has 0 spiro atoms. The van der Waals surface area contributed by atoms with E-state index in [4.69, 9.17) is 0 Å². The molecule has 1 unspecified atom stereocenters. The summed E-state index contributed by atoms with van der Waals surface area (Å²) in [7, 11) is 0. The summed E-state index contributed by atoms with van der Waals surface area (Å²) >= 11 is 0. The fourth-order valence-corrected chi connectivity index (χ4v) is 2.76. The van der Waals surface area contributed by atoms with Crippen LogP contribution in [-0.4, -0.2) is 37.0 Å². The molecule has 3 nitrogen and oxygen atoms in total. The number of hydrogen-bond donors (Lipinski definition) is 1. The Morgan fingerprint density at radius 1 is 1.12 bits per heavy atom. The van der Waals surface area contributed by atoms with E-state index >= 15 is 0 Å². The van der Waals surface area contributed by atoms with Crippen molar-refractivity contribution in [3.05, 3.63) is 0 Å². The maximum atomic E-state index is 12.1. The first-order valence-electron chi connectivity index (χ1n) is 6.85. The second-order valence-corrected chi connectivity index (χ2v) is 5.21. The Morgan fingerprint density at radius 2 is 1.81 bits per heavy atom. The highest BCUT2D eigenvalue weighted by Gasteiger charge is 2.21. The Labute approximate surface area is 98.6 Å². The van der Waals surface area contributed by atoms with E-state index in [2.05, 4.69) is 10.2 Å². The maximum absolute atomic E-state index is 12.1. The quantitative estimate of drug-likeness (QED) is 0.775. The van der Waals surface area contributed by atoms with Crippen molar-refractivity contribution >= 4 is 5.91 Å². The van der Waals surface area contributed by atoms with Crippen LogP contribution in [0.2, 0.25) is 0 Å². The van der Waals surface area contributed by atoms with E-state index in [0.717, 1.165) is 32.6 Å². The highest BCUT2D eigenvalue weighted by atomic mass is 16.2. The van der Waals surface area contributed by atoms with Gasteiger partial charge in [-0.3, -0.25) is 4.79 Å². The average molecular weight is 224 g/mol. The summed E-state index contributed by atoms with van der Waals surface area (Å²) in [6.07, 6.45) is 8.31. The standard InChI is InChI=1S/C13H24N2O/c16-13(10-12-6-7-14-11-12)15-8-4-2-1-3-5-9-15/h12,14H,1-11H2. The Bertz CT molecular complexity index is 216. The van der Waals surface area contributed by atoms with Crippen LogP contribution in [0.1, 0.15) is 44.9 Å². The molecule has 2 saturated heterocycles. The third-order valence-corrected chi connectivity index (χ3v) is 3.83. The minimum Gasteiger partial charge on any atom is -0.343 e. The minimum absolute atomic E-state index is 0.399. The summed E-state index contributed by atoms with van der Waals surface area (Å²) < 4.78 is 0. The number of rotatable bonds is 2. The van der Waals surface area contributed by atoms with Gasteiger partial charge >= 0.3 is 0 Å². The zero-order valence-corrected chi connectivity index (χ0v) is 10.2. The van der Waals surface area contributed by atoms with E-state index in [1.54, 1.807) is 0 Å². The Hall–Kier alpha value is -0.570. The summed E-state index contributed by atoms with van der Waals surface area (Å²) in [5.74, 6) is 0.994. The molecule has 2 aliphatic heterocycles. The number of nitrogens with zero attached hydrogens (tertiary/aromatic N) is 1. The lowest BCUT2D eigenvalue weighted by Crippen LogP contribution is -2.35. The van der Waals surface area contributed by atoms with Crippen molar-refractivity contribution in [3.8, 4) is 0 Å². The predicted octanol–water partition coefficient (Wildman–Crippen LogP) is 1.78. The molecule has 1 amide bonds. The zero-order valence-electron chi connectivity index (χ0n) is 10.2. The molecule has 0 aromatic rings. The highest BCUT2D eigenvalue weighted by molar-refractivity contribution is 5.76. The number of nitrogens with one attached hydrogen (secondary N) is 1. The molecule has 0 saturated carbocycles. The fraction of sp³-hybridized carbons (Fsp3) is 0.923. The van der Waals surface area contributed by atoms with Crippen molar-refractivity contribution in [1.82, 2.24) is 10.2 Å². The van der Waals surface area contributed by atoms with E-state index in [0.29, 0.717) is 11.8 Å². The molecule has 0 radical (unpaired) electrons. The van der Waals surface area contributed by atoms with Crippen LogP contribution in [0.25, 0.3) is 0 Å². The Morgan fingerprint density at radius 3 is 2.44 bits per heavy atom. The molecule has 3 heteroatoms. The monoisotopic (exact) mass is 224 g/mol. The van der Waals surface area contributed by atoms with Gasteiger partial charge in [0.2, 0.25) is 5.91 Å². The number of likely N-dealkylation sites (tertiary alicyclic amines) is 1. The Balaban J connectivity index is 1.76. The van der Waals surface area contributed by atoms with Crippen molar-refractivity contribution in [2.45, 2.75) is 44.9 Å². The van der Waals surface area contributed by atoms with Crippen molar-refractivity contribution in [3.63, 3.8) is 0 Å². The van der Waals surface area contributed by atoms with E-state index in [9.17, 15) is 4.79 Å². The first-order valence-corrected chi connectivity index (χ1v) is 6.85. The van der Waals surface area contributed by atoms with Gasteiger partial charge in [0.1, 0.15) is 0 Å². The third kappa shape index (κ3) is 3.48. The van der Waals surface area contributed by atoms with Gasteiger partial charge in [-0.05, 0) is 38.3 Å². The molecule has 1 N–H and O–H groups in total. The summed E-state index contributed by atoms with van der Waals surface area (Å²) in [4.78, 5) is 14.2. The molecule has 16 heavy (non-hydrogen) atoms. The second kappa shape index (κ2) is 6.24. The molecular weight excluding hydrogens is 200 g/mol. The van der Waals surface area contributed by atoms with Crippen LogP contribution < -0.4 is 5.32 Å². The van der Waals surface area contributed by atoms with Gasteiger partial charge < -0.3 is 10.2 Å². The van der Waals surface area contributed by atoms with E-state index in [-0.39, 0.29) is 0 Å². The number of hydrogen-bond acceptors (Lipinski definition) is 2. The molecule has 0 bridgehead atoms. The summed E-state index contributed by atoms with van der Waals surface area (Å²) in [5, 5.41) is 3.33. The number of amides is 1. The molecule has 0 aromatic carbocycles. The maximum Gasteiger partial charge on any atom is 0.222 e. The van der Waals surface area contributed by atoms with Gasteiger partial charge in [0.25, 0.3) is 0 Å². The van der Waals surface area contributed by atoms with Crippen LogP contribution in [0.4, 0.5) is 0 Å². The van der Waals surface area contributed by atoms with Crippen LogP contribution in [0, 0.1) is 5.92 Å². The SMILES string of the molecule is O=C(CC1CCNC1)N1CCCCCCC1. The van der Waals surface area contributed by atoms with Crippen molar-refractivity contribution in [2.75, 3.05) is 26.2 Å². The van der Waals surface area contributed by atoms with Gasteiger partial charge in [-0.1, -0.05) is 19.3 Å². The second-order valence-electron chi connectivity index (χ2n) is 5.21. The summed E-state index contributed by atoms with van der Waals surface area (Å²) in [5.41, 5.74) is 0. The van der Waals surface area contributed by atoms with Crippen LogP contribution in [0.5, 0.6) is 0 Å². The summed E-state index contributed by atoms with van der Waals surface area (Å²) in [6, 6.07) is 0. The van der Waals surface area contributed by atoms with Crippen molar-refractivity contribution in [1.29, 1.82) is 0 Å². The first-order chi connectivity index (χ1) is 7.86. The molecule has 92 valence electrons. The van der Waals surface area contributed by atoms with Crippen LogP contribution in [0.3, 0.4) is 0 Å². The minimum atomic E-state index is 0.399. The average Bonchev–Trinajstić information content (AvgIpc) is 2.69. The third-order valence-electron chi connectivity index (χ3n) is 3.83. The predicted molar refractivity (Wildman–Crippen MR) is 65.3 cm³/mol. The Kier molecular flexibility index (Phi) is 4.64. The molecule has 2 rings (SSSR count). The van der Waals surface area contributed by atoms with Crippen LogP contribution in [-0.2, 0) is 4.79 Å². The van der Waals surface area contributed by atoms with Gasteiger partial charge in [-0.15, -0.1) is 0 Å². The molecule has 2 fully saturated rings. The van der Waals surface area contributed by atoms with Gasteiger partial charge in [0, 0.05) is 19.5 Å². The lowest BCUT2D eigenvalue weighted by Gasteiger charge is -2.25. The van der Waals surface area contributed by atoms with Gasteiger partial charge in [-0.2, -0.15) is 0 Å². The van der Waals surface area contributed by atoms with E-state index < -0.39 is 0 Å². The number of carbonyl (C=O) groups is 1. The topological polar surface area (TPSA) is 32.3 Å². The molecule has 0 aromatic heterocycles. The number of carbonyl (C=O) groups excluding carboxylic acids is 1. The smallest absolute Gasteiger partial charge is 0.222 e. The molecule has 1 atom stereocenters. The normalized spacial score (nSPS) is 27.5. The van der Waals surface area contributed by atoms with Crippen LogP contribution in [0.15, 0.2) is 0 Å². The van der Waals surface area contributed by atoms with Gasteiger partial charge in [0.05, 0.1) is 0 Å². The molecular formula is C13H24N2O. The van der Waals surface area contributed by atoms with E-state index in [1.807, 2.05) is 0 Å². The largest absolute Gasteiger partial charge is 0.343 e. The fourth-order valence-electron chi connectivity index (χ4n) is 2.76. The van der Waals surface area contributed by atoms with Crippen molar-refractivity contribution < 1.29 is 4.79 Å². The zero-order chi connectivity index (χ0) is 11.2. The molecule has 2 heterocycles.